The monoisotopic (exact) mass is 664 g/mol. The third-order valence-corrected chi connectivity index (χ3v) is 13.3. The minimum absolute atomic E-state index is 0.106. The highest BCUT2D eigenvalue weighted by atomic mass is 15.2. The molecule has 0 N–H and O–H groups in total. The highest BCUT2D eigenvalue weighted by Gasteiger charge is 2.47. The third kappa shape index (κ3) is 2.74. The van der Waals surface area contributed by atoms with Gasteiger partial charge >= 0.3 is 0 Å². The van der Waals surface area contributed by atoms with Crippen molar-refractivity contribution in [3.8, 4) is 22.3 Å². The van der Waals surface area contributed by atoms with Gasteiger partial charge in [0, 0.05) is 55.4 Å². The van der Waals surface area contributed by atoms with Gasteiger partial charge in [0.15, 0.2) is 0 Å². The van der Waals surface area contributed by atoms with Crippen molar-refractivity contribution in [2.24, 2.45) is 0 Å². The van der Waals surface area contributed by atoms with Crippen LogP contribution in [0.5, 0.6) is 0 Å². The van der Waals surface area contributed by atoms with Gasteiger partial charge in [0.2, 0.25) is 0 Å². The lowest BCUT2D eigenvalue weighted by molar-refractivity contribution is 1.26. The predicted molar refractivity (Wildman–Crippen MR) is 226 cm³/mol. The van der Waals surface area contributed by atoms with Crippen LogP contribution in [0, 0.1) is 0 Å². The van der Waals surface area contributed by atoms with Crippen LogP contribution in [0.4, 0.5) is 34.1 Å². The standard InChI is InChI=1S/C50H25BN2/c1-6-26-16-18-28-20-22-32-34-10-3-12-36-49(34)52(40-24-30(8-1)42(26)44(28)46(32)40)38-14-5-15-39-48(38)51(36)37-13-4-11-35-33-23-21-29-19-17-27-7-2-9-31-25-41(53(39)50(35)37)47(33)45(29)43(27)31/h1-25H. The molecule has 4 aliphatic rings. The van der Waals surface area contributed by atoms with Crippen molar-refractivity contribution in [3.05, 3.63) is 152 Å². The highest BCUT2D eigenvalue weighted by Crippen LogP contribution is 2.58. The highest BCUT2D eigenvalue weighted by molar-refractivity contribution is 7.00. The first-order valence-corrected chi connectivity index (χ1v) is 18.7. The summed E-state index contributed by atoms with van der Waals surface area (Å²) in [5, 5.41) is 16.0. The maximum absolute atomic E-state index is 2.63. The first kappa shape index (κ1) is 26.0. The first-order chi connectivity index (χ1) is 26.3. The summed E-state index contributed by atoms with van der Waals surface area (Å²) in [4.78, 5) is 5.26. The lowest BCUT2D eigenvalue weighted by Gasteiger charge is -2.48. The van der Waals surface area contributed by atoms with Crippen molar-refractivity contribution < 1.29 is 0 Å². The molecule has 11 aromatic rings. The topological polar surface area (TPSA) is 6.48 Å². The number of nitrogens with zero attached hydrogens (tertiary/aromatic N) is 2. The van der Waals surface area contributed by atoms with E-state index in [1.54, 1.807) is 0 Å². The molecule has 11 aromatic carbocycles. The van der Waals surface area contributed by atoms with Crippen LogP contribution in [0.2, 0.25) is 0 Å². The van der Waals surface area contributed by atoms with Crippen molar-refractivity contribution in [2.75, 3.05) is 9.80 Å². The molecule has 53 heavy (non-hydrogen) atoms. The minimum atomic E-state index is 0.106. The zero-order chi connectivity index (χ0) is 33.8. The number of benzene rings is 11. The van der Waals surface area contributed by atoms with Gasteiger partial charge < -0.3 is 9.80 Å². The van der Waals surface area contributed by atoms with Crippen molar-refractivity contribution in [1.29, 1.82) is 0 Å². The summed E-state index contributed by atoms with van der Waals surface area (Å²) in [6, 6.07) is 58.3. The molecule has 0 amide bonds. The van der Waals surface area contributed by atoms with Crippen LogP contribution in [-0.4, -0.2) is 6.71 Å². The second-order valence-electron chi connectivity index (χ2n) is 15.6. The molecule has 238 valence electrons. The maximum Gasteiger partial charge on any atom is 0.252 e. The van der Waals surface area contributed by atoms with Gasteiger partial charge in [-0.05, 0) is 94.9 Å². The summed E-state index contributed by atoms with van der Waals surface area (Å²) in [5.74, 6) is 0. The van der Waals surface area contributed by atoms with Crippen LogP contribution in [0.1, 0.15) is 0 Å². The average Bonchev–Trinajstić information content (AvgIpc) is 3.21. The Morgan fingerprint density at radius 3 is 1.23 bits per heavy atom. The van der Waals surface area contributed by atoms with Gasteiger partial charge in [-0.2, -0.15) is 0 Å². The molecule has 0 bridgehead atoms. The number of para-hydroxylation sites is 2. The van der Waals surface area contributed by atoms with Crippen LogP contribution >= 0.6 is 0 Å². The second kappa shape index (κ2) is 8.44. The Morgan fingerprint density at radius 1 is 0.302 bits per heavy atom. The minimum Gasteiger partial charge on any atom is -0.310 e. The molecule has 0 saturated heterocycles. The lowest BCUT2D eigenvalue weighted by Crippen LogP contribution is -2.61. The zero-order valence-electron chi connectivity index (χ0n) is 28.4. The van der Waals surface area contributed by atoms with E-state index in [0.717, 1.165) is 0 Å². The Labute approximate surface area is 304 Å². The van der Waals surface area contributed by atoms with E-state index in [-0.39, 0.29) is 6.71 Å². The van der Waals surface area contributed by atoms with Crippen molar-refractivity contribution in [1.82, 2.24) is 0 Å². The van der Waals surface area contributed by atoms with E-state index < -0.39 is 0 Å². The molecule has 0 aliphatic carbocycles. The Morgan fingerprint density at radius 2 is 0.717 bits per heavy atom. The maximum atomic E-state index is 2.63. The van der Waals surface area contributed by atoms with Crippen molar-refractivity contribution in [2.45, 2.75) is 0 Å². The zero-order valence-corrected chi connectivity index (χ0v) is 28.4. The summed E-state index contributed by atoms with van der Waals surface area (Å²) in [6.07, 6.45) is 0. The summed E-state index contributed by atoms with van der Waals surface area (Å²) < 4.78 is 0. The first-order valence-electron chi connectivity index (χ1n) is 18.7. The summed E-state index contributed by atoms with van der Waals surface area (Å²) in [7, 11) is 0. The Bertz CT molecular complexity index is 3310. The number of fused-ring (bicyclic) bond motifs is 8. The average molecular weight is 665 g/mol. The largest absolute Gasteiger partial charge is 0.310 e. The van der Waals surface area contributed by atoms with E-state index in [0.29, 0.717) is 0 Å². The smallest absolute Gasteiger partial charge is 0.252 e. The van der Waals surface area contributed by atoms with Crippen LogP contribution in [-0.2, 0) is 0 Å². The molecule has 4 aliphatic heterocycles. The van der Waals surface area contributed by atoms with E-state index in [2.05, 4.69) is 161 Å². The molecule has 0 atom stereocenters. The Balaban J connectivity index is 1.12. The molecule has 0 aromatic heterocycles. The van der Waals surface area contributed by atoms with Crippen LogP contribution in [0.25, 0.3) is 86.9 Å². The molecule has 2 nitrogen and oxygen atoms in total. The van der Waals surface area contributed by atoms with Crippen LogP contribution in [0.15, 0.2) is 152 Å². The predicted octanol–water partition coefficient (Wildman–Crippen LogP) is 11.5. The van der Waals surface area contributed by atoms with Gasteiger partial charge in [-0.25, -0.2) is 0 Å². The SMILES string of the molecule is c1cc2c3c(c1)-c1ccc4ccc5cccc6cc(c1c4c56)N3c1cccc3c1B2c1cccc2c1N3c1cc3cccc4ccc5ccc-2c1c5c43. The summed E-state index contributed by atoms with van der Waals surface area (Å²) >= 11 is 0. The van der Waals surface area contributed by atoms with Gasteiger partial charge in [0.1, 0.15) is 0 Å². The van der Waals surface area contributed by atoms with E-state index in [4.69, 9.17) is 0 Å². The summed E-state index contributed by atoms with van der Waals surface area (Å²) in [6.45, 7) is 0.106. The molecule has 0 spiro atoms. The second-order valence-corrected chi connectivity index (χ2v) is 15.6. The number of rotatable bonds is 0. The van der Waals surface area contributed by atoms with Crippen LogP contribution < -0.4 is 26.2 Å². The molecule has 0 unspecified atom stereocenters. The molecule has 0 radical (unpaired) electrons. The fourth-order valence-corrected chi connectivity index (χ4v) is 11.4. The fourth-order valence-electron chi connectivity index (χ4n) is 11.4. The third-order valence-electron chi connectivity index (χ3n) is 13.3. The van der Waals surface area contributed by atoms with Crippen LogP contribution in [0.3, 0.4) is 0 Å². The molecular weight excluding hydrogens is 639 g/mol. The molecule has 0 saturated carbocycles. The Kier molecular flexibility index (Phi) is 4.14. The van der Waals surface area contributed by atoms with Gasteiger partial charge in [0.05, 0.1) is 11.4 Å². The number of hydrogen-bond acceptors (Lipinski definition) is 2. The molecule has 3 heteroatoms. The van der Waals surface area contributed by atoms with Crippen molar-refractivity contribution >= 4 is 122 Å². The quantitative estimate of drug-likeness (QED) is 0.118. The number of anilines is 6. The molecule has 4 heterocycles. The van der Waals surface area contributed by atoms with E-state index in [9.17, 15) is 0 Å². The molecule has 15 rings (SSSR count). The van der Waals surface area contributed by atoms with Gasteiger partial charge in [-0.3, -0.25) is 0 Å². The van der Waals surface area contributed by atoms with E-state index in [1.807, 2.05) is 0 Å². The Hall–Kier alpha value is -6.84. The molecular formula is C50H25BN2. The van der Waals surface area contributed by atoms with Gasteiger partial charge in [0.25, 0.3) is 6.71 Å². The normalized spacial score (nSPS) is 14.3. The molecule has 0 fully saturated rings. The summed E-state index contributed by atoms with van der Waals surface area (Å²) in [5.41, 5.74) is 17.3. The van der Waals surface area contributed by atoms with Crippen molar-refractivity contribution in [3.63, 3.8) is 0 Å². The van der Waals surface area contributed by atoms with E-state index >= 15 is 0 Å². The van der Waals surface area contributed by atoms with Gasteiger partial charge in [-0.15, -0.1) is 0 Å². The lowest BCUT2D eigenvalue weighted by atomic mass is 9.33. The van der Waals surface area contributed by atoms with E-state index in [1.165, 1.54) is 137 Å². The number of hydrogen-bond donors (Lipinski definition) is 0. The van der Waals surface area contributed by atoms with Gasteiger partial charge in [-0.1, -0.05) is 127 Å². The fraction of sp³-hybridized carbons (Fsp3) is 0.